The number of amides is 4. The van der Waals surface area contributed by atoms with Crippen molar-refractivity contribution in [1.82, 2.24) is 41.5 Å². The zero-order valence-corrected chi connectivity index (χ0v) is 23.9. The van der Waals surface area contributed by atoms with Crippen LogP contribution in [0.2, 0.25) is 0 Å². The highest BCUT2D eigenvalue weighted by Crippen LogP contribution is 2.47. The van der Waals surface area contributed by atoms with Gasteiger partial charge in [-0.1, -0.05) is 36.9 Å². The number of tetrazole rings is 1. The first-order chi connectivity index (χ1) is 20.2. The van der Waals surface area contributed by atoms with Gasteiger partial charge in [0.25, 0.3) is 0 Å². The summed E-state index contributed by atoms with van der Waals surface area (Å²) in [5, 5.41) is 30.9. The Labute approximate surface area is 247 Å². The van der Waals surface area contributed by atoms with E-state index >= 15 is 0 Å². The third-order valence-corrected chi connectivity index (χ3v) is 10.1. The Morgan fingerprint density at radius 2 is 2.17 bits per heavy atom. The number of carboxylic acid groups (broad SMARTS) is 1. The van der Waals surface area contributed by atoms with E-state index in [4.69, 9.17) is 4.42 Å². The lowest BCUT2D eigenvalue weighted by Gasteiger charge is -2.55. The molecule has 17 heteroatoms. The van der Waals surface area contributed by atoms with Gasteiger partial charge in [-0.2, -0.15) is 0 Å². The average molecular weight is 617 g/mol. The smallest absolute Gasteiger partial charge is 0.316 e. The summed E-state index contributed by atoms with van der Waals surface area (Å²) in [6, 6.07) is 0.325. The maximum atomic E-state index is 13.4. The summed E-state index contributed by atoms with van der Waals surface area (Å²) >= 11 is 2.45. The molecule has 4 unspecified atom stereocenters. The van der Waals surface area contributed by atoms with Crippen LogP contribution in [0.15, 0.2) is 51.8 Å². The molecule has 2 aromatic rings. The predicted molar refractivity (Wildman–Crippen MR) is 149 cm³/mol. The number of β-lactam (4-membered cyclic amide) rings is 1. The number of aromatic nitrogens is 4. The lowest BCUT2D eigenvalue weighted by molar-refractivity contribution is -0.158. The number of nitrogens with zero attached hydrogens (tertiary/aromatic N) is 4. The highest BCUT2D eigenvalue weighted by molar-refractivity contribution is 8.01. The second kappa shape index (κ2) is 12.4. The minimum Gasteiger partial charge on any atom is -0.481 e. The van der Waals surface area contributed by atoms with Crippen LogP contribution in [0.5, 0.6) is 0 Å². The summed E-state index contributed by atoms with van der Waals surface area (Å²) in [6.07, 6.45) is 7.98. The van der Waals surface area contributed by atoms with Crippen LogP contribution < -0.4 is 16.0 Å². The number of Topliss-reactive ketones (excluding diaryl/α,β-unsaturated/α-hetero) is 1. The van der Waals surface area contributed by atoms with E-state index in [9.17, 15) is 29.1 Å². The van der Waals surface area contributed by atoms with E-state index in [1.165, 1.54) is 40.8 Å². The van der Waals surface area contributed by atoms with Gasteiger partial charge in [0, 0.05) is 17.5 Å². The largest absolute Gasteiger partial charge is 0.481 e. The van der Waals surface area contributed by atoms with Crippen LogP contribution in [0.25, 0.3) is 0 Å². The van der Waals surface area contributed by atoms with Crippen molar-refractivity contribution in [2.75, 3.05) is 18.8 Å². The van der Waals surface area contributed by atoms with Crippen molar-refractivity contribution in [2.45, 2.75) is 47.6 Å². The van der Waals surface area contributed by atoms with Gasteiger partial charge in [0.2, 0.25) is 22.8 Å². The number of carboxylic acids is 1. The number of aliphatic carboxylic acids is 1. The summed E-state index contributed by atoms with van der Waals surface area (Å²) in [5.74, 6) is -2.18. The quantitative estimate of drug-likeness (QED) is 0.101. The third-order valence-electron chi connectivity index (χ3n) is 7.37. The van der Waals surface area contributed by atoms with Crippen molar-refractivity contribution in [1.29, 1.82) is 0 Å². The van der Waals surface area contributed by atoms with Gasteiger partial charge >= 0.3 is 12.0 Å². The van der Waals surface area contributed by atoms with E-state index in [1.807, 2.05) is 18.2 Å². The molecule has 5 N–H and O–H groups in total. The summed E-state index contributed by atoms with van der Waals surface area (Å²) < 4.78 is 5.04. The van der Waals surface area contributed by atoms with Gasteiger partial charge in [0.05, 0.1) is 12.8 Å². The average Bonchev–Trinajstić information content (AvgIpc) is 3.72. The van der Waals surface area contributed by atoms with Crippen LogP contribution in [0, 0.1) is 5.41 Å². The monoisotopic (exact) mass is 616 g/mol. The molecule has 4 heterocycles. The van der Waals surface area contributed by atoms with Crippen LogP contribution in [0.1, 0.15) is 30.3 Å². The molecule has 42 heavy (non-hydrogen) atoms. The topological polar surface area (TPSA) is 213 Å². The van der Waals surface area contributed by atoms with Gasteiger partial charge in [-0.15, -0.1) is 16.9 Å². The maximum absolute atomic E-state index is 13.4. The highest BCUT2D eigenvalue weighted by atomic mass is 32.2. The number of thioether (sulfide) groups is 2. The van der Waals surface area contributed by atoms with Crippen LogP contribution in [0.3, 0.4) is 0 Å². The van der Waals surface area contributed by atoms with Gasteiger partial charge in [-0.3, -0.25) is 19.2 Å². The molecule has 2 fully saturated rings. The number of ketones is 1. The lowest BCUT2D eigenvalue weighted by atomic mass is 9.84. The normalized spacial score (nSPS) is 24.5. The molecule has 2 aliphatic heterocycles. The first-order valence-electron chi connectivity index (χ1n) is 13.0. The minimum atomic E-state index is -1.27. The SMILES string of the molecule is CC(Sc1nnn[nH]1)C1(C(=O)O)CS[C@@H]2C(NC(=O)C(NC(=O)NCC(=O)c3ccco3)C3=CCC=CC3)C(=O)N2C1. The molecule has 0 saturated carbocycles. The van der Waals surface area contributed by atoms with Gasteiger partial charge < -0.3 is 30.4 Å². The fourth-order valence-corrected chi connectivity index (χ4v) is 7.68. The van der Waals surface area contributed by atoms with Crippen molar-refractivity contribution in [3.8, 4) is 0 Å². The molecular weight excluding hydrogens is 588 g/mol. The molecule has 4 amide bonds. The summed E-state index contributed by atoms with van der Waals surface area (Å²) in [6.45, 7) is 1.38. The van der Waals surface area contributed by atoms with Gasteiger partial charge in [0.15, 0.2) is 5.76 Å². The van der Waals surface area contributed by atoms with Crippen LogP contribution in [0.4, 0.5) is 4.79 Å². The molecule has 222 valence electrons. The number of nitrogens with one attached hydrogen (secondary N) is 4. The number of carbonyl (C=O) groups is 5. The first kappa shape index (κ1) is 29.4. The first-order valence-corrected chi connectivity index (χ1v) is 14.9. The summed E-state index contributed by atoms with van der Waals surface area (Å²) in [5.41, 5.74) is -0.627. The third kappa shape index (κ3) is 5.92. The predicted octanol–water partition coefficient (Wildman–Crippen LogP) is 0.571. The van der Waals surface area contributed by atoms with E-state index in [0.29, 0.717) is 23.6 Å². The number of allylic oxidation sites excluding steroid dienone is 3. The van der Waals surface area contributed by atoms with Crippen molar-refractivity contribution in [3.05, 3.63) is 48.0 Å². The molecule has 0 aromatic carbocycles. The van der Waals surface area contributed by atoms with Crippen molar-refractivity contribution < 1.29 is 33.5 Å². The Hall–Kier alpha value is -4.12. The minimum absolute atomic E-state index is 0.0370. The number of H-pyrrole nitrogens is 1. The molecule has 3 aliphatic rings. The van der Waals surface area contributed by atoms with Crippen LogP contribution in [-0.4, -0.2) is 102 Å². The standard InChI is InChI=1S/C25H28N8O7S2/c1-13(42-24-29-31-32-30-24)25(22(37)38)11-33-20(36)18(21(33)41-12-25)27-19(35)17(14-6-3-2-4-7-14)28-23(39)26-10-15(34)16-8-5-9-40-16/h2-3,5,7-9,13,17-18,21H,4,6,10-12H2,1H3,(H,27,35)(H,37,38)(H2,26,28,39)(H,29,30,31,32)/t13?,17?,18?,21-,25?/m1/s1. The molecule has 1 aliphatic carbocycles. The molecular formula is C25H28N8O7S2. The maximum Gasteiger partial charge on any atom is 0.316 e. The number of urea groups is 1. The lowest BCUT2D eigenvalue weighted by Crippen LogP contribution is -2.75. The number of fused-ring (bicyclic) bond motifs is 1. The number of furan rings is 1. The molecule has 2 saturated heterocycles. The Morgan fingerprint density at radius 1 is 1.33 bits per heavy atom. The van der Waals surface area contributed by atoms with E-state index in [2.05, 4.69) is 36.6 Å². The second-order valence-corrected chi connectivity index (χ2v) is 12.4. The summed E-state index contributed by atoms with van der Waals surface area (Å²) in [4.78, 5) is 65.4. The zero-order chi connectivity index (χ0) is 29.9. The van der Waals surface area contributed by atoms with Crippen molar-refractivity contribution in [2.24, 2.45) is 5.41 Å². The highest BCUT2D eigenvalue weighted by Gasteiger charge is 2.59. The fraction of sp³-hybridized carbons (Fsp3) is 0.440. The van der Waals surface area contributed by atoms with Gasteiger partial charge in [-0.05, 0) is 41.0 Å². The summed E-state index contributed by atoms with van der Waals surface area (Å²) in [7, 11) is 0. The Morgan fingerprint density at radius 3 is 2.83 bits per heavy atom. The second-order valence-electron chi connectivity index (χ2n) is 9.93. The number of aromatic amines is 1. The molecule has 0 spiro atoms. The fourth-order valence-electron chi connectivity index (χ4n) is 4.91. The molecule has 0 bridgehead atoms. The van der Waals surface area contributed by atoms with E-state index < -0.39 is 57.7 Å². The number of hydrogen-bond donors (Lipinski definition) is 5. The Kier molecular flexibility index (Phi) is 8.67. The van der Waals surface area contributed by atoms with E-state index in [-0.39, 0.29) is 24.6 Å². The Bertz CT molecular complexity index is 1410. The van der Waals surface area contributed by atoms with Crippen molar-refractivity contribution in [3.63, 3.8) is 0 Å². The molecule has 15 nitrogen and oxygen atoms in total. The number of rotatable bonds is 11. The molecule has 5 rings (SSSR count). The zero-order valence-electron chi connectivity index (χ0n) is 22.3. The van der Waals surface area contributed by atoms with Crippen LogP contribution >= 0.6 is 23.5 Å². The Balaban J connectivity index is 1.22. The van der Waals surface area contributed by atoms with E-state index in [0.717, 1.165) is 0 Å². The van der Waals surface area contributed by atoms with Crippen molar-refractivity contribution >= 4 is 53.1 Å². The molecule has 2 aromatic heterocycles. The molecule has 5 atom stereocenters. The molecule has 0 radical (unpaired) electrons. The van der Waals surface area contributed by atoms with Gasteiger partial charge in [-0.25, -0.2) is 9.89 Å². The van der Waals surface area contributed by atoms with Crippen LogP contribution in [-0.2, 0) is 14.4 Å². The number of carbonyl (C=O) groups excluding carboxylic acids is 4. The van der Waals surface area contributed by atoms with E-state index in [1.54, 1.807) is 13.0 Å². The number of hydrogen-bond acceptors (Lipinski definition) is 11. The van der Waals surface area contributed by atoms with Gasteiger partial charge in [0.1, 0.15) is 22.9 Å².